The third kappa shape index (κ3) is 3.35. The minimum absolute atomic E-state index is 0.129. The lowest BCUT2D eigenvalue weighted by molar-refractivity contribution is -0.137. The summed E-state index contributed by atoms with van der Waals surface area (Å²) in [5.74, 6) is -1.07. The number of benzene rings is 1. The van der Waals surface area contributed by atoms with Crippen molar-refractivity contribution in [3.05, 3.63) is 35.6 Å². The van der Waals surface area contributed by atoms with E-state index in [1.807, 2.05) is 13.8 Å². The minimum atomic E-state index is -0.801. The van der Waals surface area contributed by atoms with Crippen LogP contribution in [0.2, 0.25) is 0 Å². The van der Waals surface area contributed by atoms with E-state index >= 15 is 0 Å². The van der Waals surface area contributed by atoms with Gasteiger partial charge in [0, 0.05) is 6.42 Å². The molecule has 3 heteroatoms. The molecule has 0 saturated carbocycles. The number of carbonyl (C=O) groups is 1. The Labute approximate surface area is 88.7 Å². The third-order valence-electron chi connectivity index (χ3n) is 2.59. The quantitative estimate of drug-likeness (QED) is 0.829. The van der Waals surface area contributed by atoms with Gasteiger partial charge in [-0.25, -0.2) is 4.39 Å². The highest BCUT2D eigenvalue weighted by Crippen LogP contribution is 2.28. The molecule has 1 aromatic carbocycles. The first-order valence-electron chi connectivity index (χ1n) is 4.90. The Morgan fingerprint density at radius 2 is 1.87 bits per heavy atom. The molecular weight excluding hydrogens is 195 g/mol. The van der Waals surface area contributed by atoms with Crippen molar-refractivity contribution < 1.29 is 14.3 Å². The van der Waals surface area contributed by atoms with Crippen LogP contribution in [0, 0.1) is 5.82 Å². The summed E-state index contributed by atoms with van der Waals surface area (Å²) in [6.45, 7) is 3.92. The van der Waals surface area contributed by atoms with Crippen molar-refractivity contribution in [2.45, 2.75) is 32.1 Å². The fourth-order valence-electron chi connectivity index (χ4n) is 1.46. The Bertz CT molecular complexity index is 341. The summed E-state index contributed by atoms with van der Waals surface area (Å²) in [7, 11) is 0. The van der Waals surface area contributed by atoms with Crippen LogP contribution in [0.3, 0.4) is 0 Å². The van der Waals surface area contributed by atoms with Gasteiger partial charge in [0.05, 0.1) is 0 Å². The predicted molar refractivity (Wildman–Crippen MR) is 56.3 cm³/mol. The molecule has 1 aromatic rings. The summed E-state index contributed by atoms with van der Waals surface area (Å²) < 4.78 is 12.7. The first-order valence-corrected chi connectivity index (χ1v) is 4.90. The van der Waals surface area contributed by atoms with E-state index < -0.39 is 5.97 Å². The zero-order valence-corrected chi connectivity index (χ0v) is 8.96. The fourth-order valence-corrected chi connectivity index (χ4v) is 1.46. The number of hydrogen-bond donors (Lipinski definition) is 1. The van der Waals surface area contributed by atoms with Gasteiger partial charge < -0.3 is 5.11 Å². The van der Waals surface area contributed by atoms with E-state index in [0.29, 0.717) is 6.42 Å². The monoisotopic (exact) mass is 210 g/mol. The van der Waals surface area contributed by atoms with Gasteiger partial charge in [-0.15, -0.1) is 0 Å². The third-order valence-corrected chi connectivity index (χ3v) is 2.59. The Hall–Kier alpha value is -1.38. The second-order valence-electron chi connectivity index (χ2n) is 4.28. The van der Waals surface area contributed by atoms with E-state index in [-0.39, 0.29) is 17.7 Å². The summed E-state index contributed by atoms with van der Waals surface area (Å²) in [5, 5.41) is 8.61. The molecule has 0 aliphatic heterocycles. The molecule has 0 saturated heterocycles. The van der Waals surface area contributed by atoms with E-state index in [4.69, 9.17) is 5.11 Å². The van der Waals surface area contributed by atoms with Gasteiger partial charge in [-0.1, -0.05) is 26.0 Å². The van der Waals surface area contributed by atoms with E-state index in [2.05, 4.69) is 0 Å². The summed E-state index contributed by atoms with van der Waals surface area (Å²) in [6.07, 6.45) is 0.679. The van der Waals surface area contributed by atoms with Crippen LogP contribution in [0.5, 0.6) is 0 Å². The van der Waals surface area contributed by atoms with E-state index in [0.717, 1.165) is 5.56 Å². The van der Waals surface area contributed by atoms with Crippen molar-refractivity contribution in [3.63, 3.8) is 0 Å². The van der Waals surface area contributed by atoms with Crippen LogP contribution in [-0.4, -0.2) is 11.1 Å². The van der Waals surface area contributed by atoms with Crippen molar-refractivity contribution in [2.75, 3.05) is 0 Å². The van der Waals surface area contributed by atoms with Gasteiger partial charge in [0.1, 0.15) is 5.82 Å². The van der Waals surface area contributed by atoms with Gasteiger partial charge in [-0.3, -0.25) is 4.79 Å². The number of aliphatic carboxylic acids is 1. The normalized spacial score (nSPS) is 11.4. The van der Waals surface area contributed by atoms with Gasteiger partial charge in [0.25, 0.3) is 0 Å². The number of halogens is 1. The van der Waals surface area contributed by atoms with Crippen molar-refractivity contribution in [1.82, 2.24) is 0 Å². The average molecular weight is 210 g/mol. The largest absolute Gasteiger partial charge is 0.481 e. The second-order valence-corrected chi connectivity index (χ2v) is 4.28. The lowest BCUT2D eigenvalue weighted by Crippen LogP contribution is -2.18. The highest BCUT2D eigenvalue weighted by atomic mass is 19.1. The highest BCUT2D eigenvalue weighted by molar-refractivity contribution is 5.66. The molecular formula is C12H15FO2. The SMILES string of the molecule is CC(C)(CCC(=O)O)c1ccc(F)cc1. The summed E-state index contributed by atoms with van der Waals surface area (Å²) in [4.78, 5) is 10.5. The molecule has 0 bridgehead atoms. The molecule has 0 unspecified atom stereocenters. The maximum atomic E-state index is 12.7. The predicted octanol–water partition coefficient (Wildman–Crippen LogP) is 2.97. The molecule has 0 amide bonds. The van der Waals surface area contributed by atoms with Crippen LogP contribution in [0.1, 0.15) is 32.3 Å². The van der Waals surface area contributed by atoms with E-state index in [1.54, 1.807) is 12.1 Å². The molecule has 15 heavy (non-hydrogen) atoms. The molecule has 0 aliphatic carbocycles. The van der Waals surface area contributed by atoms with Crippen LogP contribution in [0.15, 0.2) is 24.3 Å². The number of rotatable bonds is 4. The molecule has 0 aliphatic rings. The van der Waals surface area contributed by atoms with Gasteiger partial charge in [-0.05, 0) is 29.5 Å². The van der Waals surface area contributed by atoms with Crippen molar-refractivity contribution >= 4 is 5.97 Å². The first-order chi connectivity index (χ1) is 6.92. The van der Waals surface area contributed by atoms with Crippen LogP contribution in [-0.2, 0) is 10.2 Å². The van der Waals surface area contributed by atoms with Crippen molar-refractivity contribution in [2.24, 2.45) is 0 Å². The second kappa shape index (κ2) is 4.43. The van der Waals surface area contributed by atoms with Crippen LogP contribution in [0.4, 0.5) is 4.39 Å². The first kappa shape index (κ1) is 11.7. The Morgan fingerprint density at radius 1 is 1.33 bits per heavy atom. The zero-order chi connectivity index (χ0) is 11.5. The summed E-state index contributed by atoms with van der Waals surface area (Å²) in [6, 6.07) is 6.21. The molecule has 0 aromatic heterocycles. The minimum Gasteiger partial charge on any atom is -0.481 e. The molecule has 0 fully saturated rings. The number of hydrogen-bond acceptors (Lipinski definition) is 1. The van der Waals surface area contributed by atoms with Gasteiger partial charge in [-0.2, -0.15) is 0 Å². The van der Waals surface area contributed by atoms with E-state index in [1.165, 1.54) is 12.1 Å². The summed E-state index contributed by atoms with van der Waals surface area (Å²) in [5.41, 5.74) is 0.733. The Balaban J connectivity index is 2.76. The topological polar surface area (TPSA) is 37.3 Å². The lowest BCUT2D eigenvalue weighted by atomic mass is 9.80. The van der Waals surface area contributed by atoms with Gasteiger partial charge >= 0.3 is 5.97 Å². The average Bonchev–Trinajstić information content (AvgIpc) is 2.16. The highest BCUT2D eigenvalue weighted by Gasteiger charge is 2.21. The summed E-state index contributed by atoms with van der Waals surface area (Å²) >= 11 is 0. The fraction of sp³-hybridized carbons (Fsp3) is 0.417. The molecule has 2 nitrogen and oxygen atoms in total. The Kier molecular flexibility index (Phi) is 3.45. The van der Waals surface area contributed by atoms with Crippen molar-refractivity contribution in [3.8, 4) is 0 Å². The van der Waals surface area contributed by atoms with Crippen molar-refractivity contribution in [1.29, 1.82) is 0 Å². The lowest BCUT2D eigenvalue weighted by Gasteiger charge is -2.24. The van der Waals surface area contributed by atoms with Crippen LogP contribution in [0.25, 0.3) is 0 Å². The molecule has 0 heterocycles. The maximum Gasteiger partial charge on any atom is 0.303 e. The molecule has 82 valence electrons. The maximum absolute atomic E-state index is 12.7. The molecule has 1 N–H and O–H groups in total. The molecule has 0 radical (unpaired) electrons. The number of carboxylic acids is 1. The molecule has 1 rings (SSSR count). The van der Waals surface area contributed by atoms with Crippen LogP contribution < -0.4 is 0 Å². The van der Waals surface area contributed by atoms with Gasteiger partial charge in [0.2, 0.25) is 0 Å². The van der Waals surface area contributed by atoms with E-state index in [9.17, 15) is 9.18 Å². The smallest absolute Gasteiger partial charge is 0.303 e. The molecule has 0 spiro atoms. The van der Waals surface area contributed by atoms with Crippen LogP contribution >= 0.6 is 0 Å². The Morgan fingerprint density at radius 3 is 2.33 bits per heavy atom. The van der Waals surface area contributed by atoms with Gasteiger partial charge in [0.15, 0.2) is 0 Å². The molecule has 0 atom stereocenters. The number of carboxylic acid groups (broad SMARTS) is 1. The zero-order valence-electron chi connectivity index (χ0n) is 8.96. The standard InChI is InChI=1S/C12H15FO2/c1-12(2,8-7-11(14)15)9-3-5-10(13)6-4-9/h3-6H,7-8H2,1-2H3,(H,14,15).